The van der Waals surface area contributed by atoms with E-state index in [0.29, 0.717) is 21.5 Å². The van der Waals surface area contributed by atoms with Gasteiger partial charge in [0.2, 0.25) is 0 Å². The molecule has 0 atom stereocenters. The Hall–Kier alpha value is -2.35. The van der Waals surface area contributed by atoms with E-state index in [2.05, 4.69) is 38.4 Å². The predicted octanol–water partition coefficient (Wildman–Crippen LogP) is 1.22. The molecule has 2 amide bonds. The lowest BCUT2D eigenvalue weighted by atomic mass is 10.2. The number of nitrogens with zero attached hydrogens (tertiary/aromatic N) is 1. The molecular formula is C14H16BrN3O4. The Labute approximate surface area is 136 Å². The molecule has 0 saturated heterocycles. The molecule has 0 radical (unpaired) electrons. The van der Waals surface area contributed by atoms with Crippen molar-refractivity contribution in [2.45, 2.75) is 0 Å². The molecule has 7 nitrogen and oxygen atoms in total. The molecule has 22 heavy (non-hydrogen) atoms. The number of hydrazone groups is 1. The Morgan fingerprint density at radius 2 is 1.91 bits per heavy atom. The molecule has 0 aromatic heterocycles. The predicted molar refractivity (Wildman–Crippen MR) is 86.2 cm³/mol. The van der Waals surface area contributed by atoms with E-state index in [9.17, 15) is 9.59 Å². The molecule has 118 valence electrons. The smallest absolute Gasteiger partial charge is 0.329 e. The van der Waals surface area contributed by atoms with Crippen LogP contribution in [0.3, 0.4) is 0 Å². The third-order valence-corrected chi connectivity index (χ3v) is 3.17. The van der Waals surface area contributed by atoms with Gasteiger partial charge in [0.15, 0.2) is 11.5 Å². The summed E-state index contributed by atoms with van der Waals surface area (Å²) in [4.78, 5) is 22.7. The van der Waals surface area contributed by atoms with Crippen molar-refractivity contribution in [3.05, 3.63) is 34.8 Å². The van der Waals surface area contributed by atoms with Crippen molar-refractivity contribution in [3.8, 4) is 11.5 Å². The standard InChI is InChI=1S/C14H16BrN3O4/c1-4-5-16-13(19)14(20)18-17-8-9-6-11(21-2)12(22-3)7-10(9)15/h4,6-8H,1,5H2,2-3H3,(H,16,19)(H,18,20)/b17-8-. The Kier molecular flexibility index (Phi) is 7.11. The minimum absolute atomic E-state index is 0.206. The molecule has 0 aliphatic heterocycles. The summed E-state index contributed by atoms with van der Waals surface area (Å²) in [6.07, 6.45) is 2.85. The first-order chi connectivity index (χ1) is 10.5. The molecule has 2 N–H and O–H groups in total. The van der Waals surface area contributed by atoms with Crippen molar-refractivity contribution in [2.24, 2.45) is 5.10 Å². The van der Waals surface area contributed by atoms with E-state index in [1.807, 2.05) is 0 Å². The zero-order chi connectivity index (χ0) is 16.5. The minimum Gasteiger partial charge on any atom is -0.493 e. The summed E-state index contributed by atoms with van der Waals surface area (Å²) in [5.41, 5.74) is 2.77. The highest BCUT2D eigenvalue weighted by Gasteiger charge is 2.11. The van der Waals surface area contributed by atoms with Gasteiger partial charge in [-0.1, -0.05) is 6.08 Å². The summed E-state index contributed by atoms with van der Waals surface area (Å²) in [6, 6.07) is 3.38. The number of amides is 2. The van der Waals surface area contributed by atoms with E-state index in [1.54, 1.807) is 12.1 Å². The first kappa shape index (κ1) is 17.7. The number of hydrogen-bond acceptors (Lipinski definition) is 5. The second kappa shape index (κ2) is 8.83. The highest BCUT2D eigenvalue weighted by atomic mass is 79.9. The van der Waals surface area contributed by atoms with Crippen LogP contribution in [0.4, 0.5) is 0 Å². The third kappa shape index (κ3) is 4.88. The first-order valence-electron chi connectivity index (χ1n) is 6.17. The van der Waals surface area contributed by atoms with Crippen LogP contribution in [0.15, 0.2) is 34.4 Å². The van der Waals surface area contributed by atoms with Crippen molar-refractivity contribution in [1.82, 2.24) is 10.7 Å². The van der Waals surface area contributed by atoms with Gasteiger partial charge < -0.3 is 14.8 Å². The number of ether oxygens (including phenoxy) is 2. The van der Waals surface area contributed by atoms with E-state index < -0.39 is 11.8 Å². The fourth-order valence-electron chi connectivity index (χ4n) is 1.43. The van der Waals surface area contributed by atoms with Crippen molar-refractivity contribution >= 4 is 34.0 Å². The van der Waals surface area contributed by atoms with Gasteiger partial charge in [0.25, 0.3) is 0 Å². The van der Waals surface area contributed by atoms with Crippen molar-refractivity contribution in [1.29, 1.82) is 0 Å². The maximum Gasteiger partial charge on any atom is 0.329 e. The average Bonchev–Trinajstić information content (AvgIpc) is 2.53. The zero-order valence-corrected chi connectivity index (χ0v) is 13.8. The number of methoxy groups -OCH3 is 2. The van der Waals surface area contributed by atoms with Crippen LogP contribution in [-0.2, 0) is 9.59 Å². The topological polar surface area (TPSA) is 89.0 Å². The molecular weight excluding hydrogens is 354 g/mol. The third-order valence-electron chi connectivity index (χ3n) is 2.49. The van der Waals surface area contributed by atoms with Gasteiger partial charge >= 0.3 is 11.8 Å². The van der Waals surface area contributed by atoms with E-state index >= 15 is 0 Å². The molecule has 0 aliphatic carbocycles. The van der Waals surface area contributed by atoms with Gasteiger partial charge in [-0.25, -0.2) is 5.43 Å². The summed E-state index contributed by atoms with van der Waals surface area (Å²) in [5.74, 6) is -0.584. The van der Waals surface area contributed by atoms with Crippen LogP contribution in [0, 0.1) is 0 Å². The first-order valence-corrected chi connectivity index (χ1v) is 6.96. The van der Waals surface area contributed by atoms with Crippen LogP contribution >= 0.6 is 15.9 Å². The van der Waals surface area contributed by atoms with Crippen molar-refractivity contribution in [3.63, 3.8) is 0 Å². The lowest BCUT2D eigenvalue weighted by Crippen LogP contribution is -2.37. The van der Waals surface area contributed by atoms with Gasteiger partial charge in [0.05, 0.1) is 20.4 Å². The average molecular weight is 370 g/mol. The molecule has 1 aromatic carbocycles. The molecule has 0 spiro atoms. The maximum absolute atomic E-state index is 11.4. The Bertz CT molecular complexity index is 602. The molecule has 1 rings (SSSR count). The van der Waals surface area contributed by atoms with Crippen LogP contribution < -0.4 is 20.2 Å². The number of halogens is 1. The van der Waals surface area contributed by atoms with Gasteiger partial charge in [-0.15, -0.1) is 6.58 Å². The van der Waals surface area contributed by atoms with Gasteiger partial charge in [-0.2, -0.15) is 5.10 Å². The number of rotatable bonds is 6. The van der Waals surface area contributed by atoms with E-state index in [1.165, 1.54) is 26.5 Å². The second-order valence-corrected chi connectivity index (χ2v) is 4.78. The molecule has 0 unspecified atom stereocenters. The number of carbonyl (C=O) groups is 2. The lowest BCUT2D eigenvalue weighted by molar-refractivity contribution is -0.139. The van der Waals surface area contributed by atoms with Gasteiger partial charge in [-0.05, 0) is 28.1 Å². The van der Waals surface area contributed by atoms with Crippen LogP contribution in [0.1, 0.15) is 5.56 Å². The molecule has 0 aliphatic rings. The molecule has 0 bridgehead atoms. The molecule has 0 fully saturated rings. The number of carbonyl (C=O) groups excluding carboxylic acids is 2. The summed E-state index contributed by atoms with van der Waals surface area (Å²) < 4.78 is 11.0. The van der Waals surface area contributed by atoms with Gasteiger partial charge in [0, 0.05) is 16.6 Å². The lowest BCUT2D eigenvalue weighted by Gasteiger charge is -2.09. The minimum atomic E-state index is -0.866. The van der Waals surface area contributed by atoms with Crippen LogP contribution in [0.25, 0.3) is 0 Å². The van der Waals surface area contributed by atoms with Crippen molar-refractivity contribution in [2.75, 3.05) is 20.8 Å². The molecule has 0 heterocycles. The largest absolute Gasteiger partial charge is 0.493 e. The Morgan fingerprint density at radius 1 is 1.27 bits per heavy atom. The highest BCUT2D eigenvalue weighted by Crippen LogP contribution is 2.32. The number of benzene rings is 1. The molecule has 1 aromatic rings. The fourth-order valence-corrected chi connectivity index (χ4v) is 1.85. The summed E-state index contributed by atoms with van der Waals surface area (Å²) in [6.45, 7) is 3.64. The molecule has 0 saturated carbocycles. The SMILES string of the molecule is C=CCNC(=O)C(=O)N/N=C\c1cc(OC)c(OC)cc1Br. The maximum atomic E-state index is 11.4. The monoisotopic (exact) mass is 369 g/mol. The van der Waals surface area contributed by atoms with Crippen LogP contribution in [-0.4, -0.2) is 38.8 Å². The zero-order valence-electron chi connectivity index (χ0n) is 12.2. The summed E-state index contributed by atoms with van der Waals surface area (Å²) in [5, 5.41) is 6.06. The fraction of sp³-hybridized carbons (Fsp3) is 0.214. The Morgan fingerprint density at radius 3 is 2.50 bits per heavy atom. The second-order valence-electron chi connectivity index (χ2n) is 3.93. The number of nitrogens with one attached hydrogen (secondary N) is 2. The van der Waals surface area contributed by atoms with E-state index in [0.717, 1.165) is 0 Å². The highest BCUT2D eigenvalue weighted by molar-refractivity contribution is 9.10. The van der Waals surface area contributed by atoms with Crippen molar-refractivity contribution < 1.29 is 19.1 Å². The van der Waals surface area contributed by atoms with E-state index in [4.69, 9.17) is 9.47 Å². The van der Waals surface area contributed by atoms with Gasteiger partial charge in [0.1, 0.15) is 0 Å². The van der Waals surface area contributed by atoms with Gasteiger partial charge in [-0.3, -0.25) is 9.59 Å². The summed E-state index contributed by atoms with van der Waals surface area (Å²) >= 11 is 3.35. The quantitative estimate of drug-likeness (QED) is 0.341. The molecule has 8 heteroatoms. The number of hydrogen-bond donors (Lipinski definition) is 2. The Balaban J connectivity index is 2.76. The van der Waals surface area contributed by atoms with Crippen LogP contribution in [0.5, 0.6) is 11.5 Å². The normalized spacial score (nSPS) is 10.1. The van der Waals surface area contributed by atoms with Crippen LogP contribution in [0.2, 0.25) is 0 Å². The van der Waals surface area contributed by atoms with E-state index in [-0.39, 0.29) is 6.54 Å². The summed E-state index contributed by atoms with van der Waals surface area (Å²) in [7, 11) is 3.04.